The second-order valence-corrected chi connectivity index (χ2v) is 5.25. The predicted octanol–water partition coefficient (Wildman–Crippen LogP) is -0.422. The monoisotopic (exact) mass is 307 g/mol. The molecule has 1 fully saturated rings. The lowest BCUT2D eigenvalue weighted by Crippen LogP contribution is -2.48. The van der Waals surface area contributed by atoms with E-state index in [4.69, 9.17) is 5.11 Å². The van der Waals surface area contributed by atoms with Crippen LogP contribution >= 0.6 is 0 Å². The highest BCUT2D eigenvalue weighted by atomic mass is 16.4. The number of carboxylic acids is 1. The fourth-order valence-electron chi connectivity index (χ4n) is 2.26. The van der Waals surface area contributed by atoms with Crippen molar-refractivity contribution in [2.45, 2.75) is 19.4 Å². The molecule has 1 aromatic rings. The van der Waals surface area contributed by atoms with Gasteiger partial charge in [0.15, 0.2) is 0 Å². The summed E-state index contributed by atoms with van der Waals surface area (Å²) in [6.45, 7) is 5.38. The van der Waals surface area contributed by atoms with Crippen LogP contribution in [-0.2, 0) is 9.59 Å². The second-order valence-electron chi connectivity index (χ2n) is 5.25. The number of carbonyl (C=O) groups excluding carboxylic acids is 1. The molecule has 2 N–H and O–H groups in total. The van der Waals surface area contributed by atoms with E-state index in [1.54, 1.807) is 18.5 Å². The highest BCUT2D eigenvalue weighted by Gasteiger charge is 2.20. The van der Waals surface area contributed by atoms with Gasteiger partial charge in [0, 0.05) is 51.5 Å². The third-order valence-electron chi connectivity index (χ3n) is 3.61. The van der Waals surface area contributed by atoms with Crippen molar-refractivity contribution in [1.82, 2.24) is 20.2 Å². The van der Waals surface area contributed by atoms with E-state index in [9.17, 15) is 9.59 Å². The summed E-state index contributed by atoms with van der Waals surface area (Å²) in [5.74, 6) is -0.524. The maximum absolute atomic E-state index is 11.7. The van der Waals surface area contributed by atoms with E-state index in [2.05, 4.69) is 25.1 Å². The molecular formula is C14H21N5O3. The van der Waals surface area contributed by atoms with Crippen molar-refractivity contribution in [2.75, 3.05) is 37.6 Å². The molecule has 1 aromatic heterocycles. The van der Waals surface area contributed by atoms with Gasteiger partial charge in [0.2, 0.25) is 11.9 Å². The van der Waals surface area contributed by atoms with Crippen LogP contribution < -0.4 is 10.2 Å². The van der Waals surface area contributed by atoms with Gasteiger partial charge in [0.25, 0.3) is 0 Å². The first-order valence-electron chi connectivity index (χ1n) is 7.33. The van der Waals surface area contributed by atoms with Gasteiger partial charge in [-0.05, 0) is 13.0 Å². The first-order chi connectivity index (χ1) is 10.6. The molecule has 0 radical (unpaired) electrons. The standard InChI is InChI=1S/C14H21N5O3/c1-11(13(21)22)17-12(20)3-6-18-7-9-19(10-8-18)14-15-4-2-5-16-14/h2,4-5,11H,3,6-10H2,1H3,(H,17,20)(H,21,22). The van der Waals surface area contributed by atoms with Gasteiger partial charge in [-0.3, -0.25) is 14.5 Å². The van der Waals surface area contributed by atoms with Crippen LogP contribution in [0.5, 0.6) is 0 Å². The molecule has 22 heavy (non-hydrogen) atoms. The Labute approximate surface area is 129 Å². The molecule has 1 unspecified atom stereocenters. The van der Waals surface area contributed by atoms with Crippen molar-refractivity contribution in [2.24, 2.45) is 0 Å². The fraction of sp³-hybridized carbons (Fsp3) is 0.571. The van der Waals surface area contributed by atoms with Crippen molar-refractivity contribution in [1.29, 1.82) is 0 Å². The van der Waals surface area contributed by atoms with Crippen molar-refractivity contribution in [3.05, 3.63) is 18.5 Å². The molecule has 0 spiro atoms. The van der Waals surface area contributed by atoms with Gasteiger partial charge in [0.1, 0.15) is 6.04 Å². The SMILES string of the molecule is CC(NC(=O)CCN1CCN(c2ncccn2)CC1)C(=O)O. The summed E-state index contributed by atoms with van der Waals surface area (Å²) in [5, 5.41) is 11.2. The minimum atomic E-state index is -1.02. The number of anilines is 1. The van der Waals surface area contributed by atoms with Crippen LogP contribution in [0.3, 0.4) is 0 Å². The molecule has 0 saturated carbocycles. The predicted molar refractivity (Wildman–Crippen MR) is 80.5 cm³/mol. The first-order valence-corrected chi connectivity index (χ1v) is 7.33. The van der Waals surface area contributed by atoms with Gasteiger partial charge in [0.05, 0.1) is 0 Å². The third kappa shape index (κ3) is 4.66. The molecule has 1 amide bonds. The molecule has 0 aliphatic carbocycles. The minimum absolute atomic E-state index is 0.233. The topological polar surface area (TPSA) is 98.7 Å². The van der Waals surface area contributed by atoms with Gasteiger partial charge < -0.3 is 15.3 Å². The van der Waals surface area contributed by atoms with Crippen LogP contribution in [0.4, 0.5) is 5.95 Å². The molecule has 0 bridgehead atoms. The van der Waals surface area contributed by atoms with Gasteiger partial charge in [-0.15, -0.1) is 0 Å². The average Bonchev–Trinajstić information content (AvgIpc) is 2.54. The highest BCUT2D eigenvalue weighted by molar-refractivity contribution is 5.83. The molecule has 1 atom stereocenters. The van der Waals surface area contributed by atoms with Crippen LogP contribution in [-0.4, -0.2) is 70.6 Å². The number of nitrogens with one attached hydrogen (secondary N) is 1. The van der Waals surface area contributed by atoms with E-state index < -0.39 is 12.0 Å². The van der Waals surface area contributed by atoms with Crippen LogP contribution in [0.25, 0.3) is 0 Å². The summed E-state index contributed by atoms with van der Waals surface area (Å²) >= 11 is 0. The maximum Gasteiger partial charge on any atom is 0.325 e. The van der Waals surface area contributed by atoms with E-state index in [0.717, 1.165) is 32.1 Å². The van der Waals surface area contributed by atoms with E-state index in [0.29, 0.717) is 13.0 Å². The average molecular weight is 307 g/mol. The maximum atomic E-state index is 11.7. The Morgan fingerprint density at radius 3 is 2.50 bits per heavy atom. The van der Waals surface area contributed by atoms with Gasteiger partial charge >= 0.3 is 5.97 Å². The molecule has 2 heterocycles. The lowest BCUT2D eigenvalue weighted by atomic mass is 10.2. The molecule has 0 aromatic carbocycles. The Bertz CT molecular complexity index is 502. The van der Waals surface area contributed by atoms with Crippen LogP contribution in [0.2, 0.25) is 0 Å². The third-order valence-corrected chi connectivity index (χ3v) is 3.61. The van der Waals surface area contributed by atoms with E-state index >= 15 is 0 Å². The Kier molecular flexibility index (Phi) is 5.65. The zero-order chi connectivity index (χ0) is 15.9. The van der Waals surface area contributed by atoms with Gasteiger partial charge in [-0.2, -0.15) is 0 Å². The molecule has 8 heteroatoms. The Hall–Kier alpha value is -2.22. The molecule has 1 aliphatic heterocycles. The number of amides is 1. The summed E-state index contributed by atoms with van der Waals surface area (Å²) in [6, 6.07) is 0.941. The van der Waals surface area contributed by atoms with Crippen molar-refractivity contribution in [3.63, 3.8) is 0 Å². The van der Waals surface area contributed by atoms with Gasteiger partial charge in [-0.1, -0.05) is 0 Å². The number of carbonyl (C=O) groups is 2. The number of aliphatic carboxylic acids is 1. The molecule has 8 nitrogen and oxygen atoms in total. The summed E-state index contributed by atoms with van der Waals surface area (Å²) in [7, 11) is 0. The fourth-order valence-corrected chi connectivity index (χ4v) is 2.26. The molecule has 1 aliphatic rings. The van der Waals surface area contributed by atoms with E-state index in [1.165, 1.54) is 6.92 Å². The number of nitrogens with zero attached hydrogens (tertiary/aromatic N) is 4. The second kappa shape index (κ2) is 7.69. The quantitative estimate of drug-likeness (QED) is 0.736. The Morgan fingerprint density at radius 2 is 1.91 bits per heavy atom. The molecular weight excluding hydrogens is 286 g/mol. The number of carboxylic acid groups (broad SMARTS) is 1. The lowest BCUT2D eigenvalue weighted by molar-refractivity contribution is -0.141. The highest BCUT2D eigenvalue weighted by Crippen LogP contribution is 2.09. The van der Waals surface area contributed by atoms with Crippen molar-refractivity contribution < 1.29 is 14.7 Å². The smallest absolute Gasteiger partial charge is 0.325 e. The lowest BCUT2D eigenvalue weighted by Gasteiger charge is -2.34. The van der Waals surface area contributed by atoms with Crippen LogP contribution in [0.15, 0.2) is 18.5 Å². The normalized spacial score (nSPS) is 17.0. The Morgan fingerprint density at radius 1 is 1.27 bits per heavy atom. The first kappa shape index (κ1) is 16.2. The summed E-state index contributed by atoms with van der Waals surface area (Å²) < 4.78 is 0. The van der Waals surface area contributed by atoms with Crippen molar-refractivity contribution in [3.8, 4) is 0 Å². The zero-order valence-electron chi connectivity index (χ0n) is 12.6. The van der Waals surface area contributed by atoms with Crippen LogP contribution in [0.1, 0.15) is 13.3 Å². The largest absolute Gasteiger partial charge is 0.480 e. The summed E-state index contributed by atoms with van der Waals surface area (Å²) in [6.07, 6.45) is 3.75. The Balaban J connectivity index is 1.69. The van der Waals surface area contributed by atoms with E-state index in [1.807, 2.05) is 0 Å². The van der Waals surface area contributed by atoms with Gasteiger partial charge in [-0.25, -0.2) is 9.97 Å². The zero-order valence-corrected chi connectivity index (χ0v) is 12.6. The minimum Gasteiger partial charge on any atom is -0.480 e. The van der Waals surface area contributed by atoms with Crippen LogP contribution in [0, 0.1) is 0 Å². The molecule has 120 valence electrons. The number of aromatic nitrogens is 2. The molecule has 2 rings (SSSR count). The summed E-state index contributed by atoms with van der Waals surface area (Å²) in [4.78, 5) is 35.1. The number of hydrogen-bond acceptors (Lipinski definition) is 6. The summed E-state index contributed by atoms with van der Waals surface area (Å²) in [5.41, 5.74) is 0. The number of piperazine rings is 1. The number of rotatable bonds is 6. The van der Waals surface area contributed by atoms with E-state index in [-0.39, 0.29) is 5.91 Å². The van der Waals surface area contributed by atoms with Crippen molar-refractivity contribution >= 4 is 17.8 Å². The number of hydrogen-bond donors (Lipinski definition) is 2. The molecule has 1 saturated heterocycles.